The number of phosphoric acid groups is 1. The van der Waals surface area contributed by atoms with Crippen LogP contribution >= 0.6 is 7.82 Å². The summed E-state index contributed by atoms with van der Waals surface area (Å²) in [6.45, 7) is 4.54. The van der Waals surface area contributed by atoms with E-state index in [1.807, 2.05) is 27.2 Å². The molecule has 76 heavy (non-hydrogen) atoms. The van der Waals surface area contributed by atoms with Gasteiger partial charge in [0.15, 0.2) is 0 Å². The third-order valence-corrected chi connectivity index (χ3v) is 15.4. The number of quaternary nitrogens is 1. The Morgan fingerprint density at radius 2 is 0.816 bits per heavy atom. The van der Waals surface area contributed by atoms with E-state index in [0.717, 1.165) is 70.6 Å². The quantitative estimate of drug-likeness (QED) is 0.0272. The maximum absolute atomic E-state index is 13.0. The molecule has 0 aliphatic rings. The Morgan fingerprint density at radius 3 is 1.22 bits per heavy atom. The van der Waals surface area contributed by atoms with Gasteiger partial charge in [0.2, 0.25) is 5.91 Å². The molecule has 0 aliphatic heterocycles. The first-order chi connectivity index (χ1) is 37.0. The molecule has 0 aromatic rings. The van der Waals surface area contributed by atoms with Gasteiger partial charge in [-0.3, -0.25) is 9.36 Å². The first kappa shape index (κ1) is 73.9. The molecule has 444 valence electrons. The zero-order valence-corrected chi connectivity index (χ0v) is 51.6. The standard InChI is InChI=1S/C67H125N2O6P/c1-6-8-10-12-14-16-18-20-22-24-26-28-30-31-32-33-34-35-36-37-39-40-42-44-46-48-50-52-54-56-58-60-66(70)65(64-75-76(72,73)74-63-62-69(3,4)5)68-67(71)61-59-57-55-53-51-49-47-45-43-41-38-29-27-25-23-21-19-17-15-13-11-9-7-2/h9,11,15,17,21,23,27,29,50,52,58,60,65-66,70H,6-8,10,12-14,16,18-20,22,24-26,28,30-49,51,53-57,59,61-64H2,1-5H3,(H-,68,71,72,73)/b11-9-,17-15-,23-21-,29-27-,52-50+,60-58+. The molecule has 0 spiro atoms. The van der Waals surface area contributed by atoms with Crippen LogP contribution < -0.4 is 10.2 Å². The van der Waals surface area contributed by atoms with Gasteiger partial charge < -0.3 is 28.8 Å². The fraction of sp³-hybridized carbons (Fsp3) is 0.806. The minimum Gasteiger partial charge on any atom is -0.756 e. The van der Waals surface area contributed by atoms with Crippen molar-refractivity contribution in [2.45, 2.75) is 309 Å². The van der Waals surface area contributed by atoms with Gasteiger partial charge >= 0.3 is 0 Å². The number of hydrogen-bond acceptors (Lipinski definition) is 6. The molecule has 0 heterocycles. The highest BCUT2D eigenvalue weighted by atomic mass is 31.2. The summed E-state index contributed by atoms with van der Waals surface area (Å²) >= 11 is 0. The predicted molar refractivity (Wildman–Crippen MR) is 330 cm³/mol. The summed E-state index contributed by atoms with van der Waals surface area (Å²) < 4.78 is 23.4. The van der Waals surface area contributed by atoms with E-state index in [9.17, 15) is 19.4 Å². The molecule has 0 fully saturated rings. The Morgan fingerprint density at radius 1 is 0.474 bits per heavy atom. The van der Waals surface area contributed by atoms with Gasteiger partial charge in [-0.05, 0) is 70.6 Å². The maximum atomic E-state index is 13.0. The number of rotatable bonds is 59. The molecule has 0 aliphatic carbocycles. The van der Waals surface area contributed by atoms with Crippen LogP contribution in [0.5, 0.6) is 0 Å². The van der Waals surface area contributed by atoms with Crippen molar-refractivity contribution < 1.29 is 32.9 Å². The van der Waals surface area contributed by atoms with Crippen LogP contribution in [0.3, 0.4) is 0 Å². The topological polar surface area (TPSA) is 108 Å². The second-order valence-corrected chi connectivity index (χ2v) is 24.5. The number of carbonyl (C=O) groups is 1. The third-order valence-electron chi connectivity index (χ3n) is 14.4. The van der Waals surface area contributed by atoms with E-state index in [-0.39, 0.29) is 12.5 Å². The molecule has 0 aromatic heterocycles. The van der Waals surface area contributed by atoms with Gasteiger partial charge in [-0.15, -0.1) is 0 Å². The number of hydrogen-bond donors (Lipinski definition) is 2. The lowest BCUT2D eigenvalue weighted by molar-refractivity contribution is -0.870. The van der Waals surface area contributed by atoms with Crippen LogP contribution in [0.4, 0.5) is 0 Å². The van der Waals surface area contributed by atoms with Gasteiger partial charge in [0.05, 0.1) is 39.9 Å². The summed E-state index contributed by atoms with van der Waals surface area (Å²) in [6.07, 6.45) is 80.1. The maximum Gasteiger partial charge on any atom is 0.268 e. The Hall–Kier alpha value is -2.06. The number of likely N-dealkylation sites (N-methyl/N-ethyl adjacent to an activating group) is 1. The van der Waals surface area contributed by atoms with E-state index >= 15 is 0 Å². The lowest BCUT2D eigenvalue weighted by Gasteiger charge is -2.29. The second kappa shape index (κ2) is 57.6. The molecule has 3 atom stereocenters. The first-order valence-electron chi connectivity index (χ1n) is 32.3. The number of aliphatic hydroxyl groups is 1. The van der Waals surface area contributed by atoms with Gasteiger partial charge in [-0.1, -0.05) is 292 Å². The number of nitrogens with zero attached hydrogens (tertiary/aromatic N) is 1. The van der Waals surface area contributed by atoms with Crippen LogP contribution in [0, 0.1) is 0 Å². The molecular formula is C67H125N2O6P. The van der Waals surface area contributed by atoms with Gasteiger partial charge in [0, 0.05) is 6.42 Å². The minimum atomic E-state index is -4.61. The van der Waals surface area contributed by atoms with Crippen molar-refractivity contribution in [3.63, 3.8) is 0 Å². The number of aliphatic hydroxyl groups excluding tert-OH is 1. The highest BCUT2D eigenvalue weighted by Crippen LogP contribution is 2.38. The SMILES string of the molecule is CC/C=C\C/C=C\C/C=C\C/C=C\CCCCCCCCCCCCC(=O)NC(COP(=O)([O-])OCC[N+](C)(C)C)C(O)/C=C/CC/C=C/CCCCCCCCCCCCCCCCCCCCCCCCCCC. The Labute approximate surface area is 472 Å². The molecule has 2 N–H and O–H groups in total. The Balaban J connectivity index is 4.16. The van der Waals surface area contributed by atoms with Crippen molar-refractivity contribution >= 4 is 13.7 Å². The van der Waals surface area contributed by atoms with E-state index in [0.29, 0.717) is 17.4 Å². The second-order valence-electron chi connectivity index (χ2n) is 23.1. The summed E-state index contributed by atoms with van der Waals surface area (Å²) in [5.41, 5.74) is 0. The van der Waals surface area contributed by atoms with Crippen molar-refractivity contribution in [3.05, 3.63) is 72.9 Å². The van der Waals surface area contributed by atoms with Crippen molar-refractivity contribution in [2.75, 3.05) is 40.9 Å². The average molecular weight is 1090 g/mol. The number of unbranched alkanes of at least 4 members (excludes halogenated alkanes) is 36. The molecule has 0 radical (unpaired) electrons. The minimum absolute atomic E-state index is 0.00971. The van der Waals surface area contributed by atoms with Crippen LogP contribution in [0.2, 0.25) is 0 Å². The van der Waals surface area contributed by atoms with E-state index in [2.05, 4.69) is 79.9 Å². The Bertz CT molecular complexity index is 1470. The van der Waals surface area contributed by atoms with Crippen LogP contribution in [-0.2, 0) is 18.4 Å². The van der Waals surface area contributed by atoms with E-state index in [1.165, 1.54) is 205 Å². The van der Waals surface area contributed by atoms with E-state index < -0.39 is 26.6 Å². The molecule has 0 bridgehead atoms. The highest BCUT2D eigenvalue weighted by molar-refractivity contribution is 7.45. The smallest absolute Gasteiger partial charge is 0.268 e. The van der Waals surface area contributed by atoms with Gasteiger partial charge in [-0.25, -0.2) is 0 Å². The number of allylic oxidation sites excluding steroid dienone is 11. The summed E-state index contributed by atoms with van der Waals surface area (Å²) in [7, 11) is 1.24. The molecule has 8 nitrogen and oxygen atoms in total. The molecular weight excluding hydrogens is 960 g/mol. The lowest BCUT2D eigenvalue weighted by atomic mass is 10.0. The van der Waals surface area contributed by atoms with Crippen LogP contribution in [0.25, 0.3) is 0 Å². The van der Waals surface area contributed by atoms with Crippen molar-refractivity contribution in [2.24, 2.45) is 0 Å². The molecule has 1 amide bonds. The molecule has 0 aromatic carbocycles. The summed E-state index contributed by atoms with van der Waals surface area (Å²) in [4.78, 5) is 25.6. The summed E-state index contributed by atoms with van der Waals surface area (Å²) in [5.74, 6) is -0.211. The van der Waals surface area contributed by atoms with Gasteiger partial charge in [-0.2, -0.15) is 0 Å². The molecule has 3 unspecified atom stereocenters. The Kier molecular flexibility index (Phi) is 56.1. The zero-order valence-electron chi connectivity index (χ0n) is 50.7. The van der Waals surface area contributed by atoms with Crippen molar-refractivity contribution in [1.82, 2.24) is 5.32 Å². The van der Waals surface area contributed by atoms with Crippen LogP contribution in [0.15, 0.2) is 72.9 Å². The molecule has 9 heteroatoms. The van der Waals surface area contributed by atoms with E-state index in [1.54, 1.807) is 6.08 Å². The number of nitrogens with one attached hydrogen (secondary N) is 1. The molecule has 0 saturated heterocycles. The number of amides is 1. The lowest BCUT2D eigenvalue weighted by Crippen LogP contribution is -2.45. The fourth-order valence-corrected chi connectivity index (χ4v) is 10.1. The van der Waals surface area contributed by atoms with Gasteiger partial charge in [0.1, 0.15) is 13.2 Å². The number of phosphoric ester groups is 1. The van der Waals surface area contributed by atoms with E-state index in [4.69, 9.17) is 9.05 Å². The predicted octanol–water partition coefficient (Wildman–Crippen LogP) is 19.6. The normalized spacial score (nSPS) is 14.2. The fourth-order valence-electron chi connectivity index (χ4n) is 9.40. The van der Waals surface area contributed by atoms with Crippen molar-refractivity contribution in [3.8, 4) is 0 Å². The van der Waals surface area contributed by atoms with Crippen molar-refractivity contribution in [1.29, 1.82) is 0 Å². The molecule has 0 saturated carbocycles. The largest absolute Gasteiger partial charge is 0.756 e. The summed E-state index contributed by atoms with van der Waals surface area (Å²) in [5, 5.41) is 13.9. The zero-order chi connectivity index (χ0) is 55.6. The van der Waals surface area contributed by atoms with Gasteiger partial charge in [0.25, 0.3) is 7.82 Å². The third kappa shape index (κ3) is 59.6. The first-order valence-corrected chi connectivity index (χ1v) is 33.8. The molecule has 0 rings (SSSR count). The number of carbonyl (C=O) groups excluding carboxylic acids is 1. The highest BCUT2D eigenvalue weighted by Gasteiger charge is 2.23. The van der Waals surface area contributed by atoms with Crippen LogP contribution in [0.1, 0.15) is 296 Å². The van der Waals surface area contributed by atoms with Crippen LogP contribution in [-0.4, -0.2) is 68.5 Å². The summed E-state index contributed by atoms with van der Waals surface area (Å²) in [6, 6.07) is -0.911. The average Bonchev–Trinajstić information content (AvgIpc) is 3.38. The monoisotopic (exact) mass is 1080 g/mol.